The summed E-state index contributed by atoms with van der Waals surface area (Å²) in [7, 11) is 0. The maximum absolute atomic E-state index is 12.3. The minimum Gasteiger partial charge on any atom is -0.481 e. The highest BCUT2D eigenvalue weighted by Gasteiger charge is 2.16. The molecule has 0 saturated heterocycles. The Morgan fingerprint density at radius 3 is 2.55 bits per heavy atom. The van der Waals surface area contributed by atoms with Gasteiger partial charge in [0.15, 0.2) is 6.10 Å². The van der Waals surface area contributed by atoms with E-state index < -0.39 is 6.10 Å². The van der Waals surface area contributed by atoms with Gasteiger partial charge in [0.05, 0.1) is 5.69 Å². The summed E-state index contributed by atoms with van der Waals surface area (Å²) in [5, 5.41) is 2.92. The quantitative estimate of drug-likeness (QED) is 0.829. The summed E-state index contributed by atoms with van der Waals surface area (Å²) >= 11 is 1.60. The van der Waals surface area contributed by atoms with Gasteiger partial charge in [-0.25, -0.2) is 0 Å². The van der Waals surface area contributed by atoms with Crippen molar-refractivity contribution in [2.24, 2.45) is 0 Å². The van der Waals surface area contributed by atoms with Gasteiger partial charge in [-0.1, -0.05) is 18.2 Å². The number of thioether (sulfide) groups is 1. The molecular weight excluding hydrogens is 294 g/mol. The third-order valence-electron chi connectivity index (χ3n) is 3.53. The van der Waals surface area contributed by atoms with Crippen molar-refractivity contribution < 1.29 is 9.53 Å². The van der Waals surface area contributed by atoms with Gasteiger partial charge in [0.1, 0.15) is 5.75 Å². The molecule has 0 aliphatic heterocycles. The van der Waals surface area contributed by atoms with Gasteiger partial charge in [-0.2, -0.15) is 0 Å². The Hall–Kier alpha value is -1.94. The van der Waals surface area contributed by atoms with Crippen molar-refractivity contribution in [2.45, 2.75) is 31.8 Å². The lowest BCUT2D eigenvalue weighted by Gasteiger charge is -2.16. The molecule has 1 N–H and O–H groups in total. The lowest BCUT2D eigenvalue weighted by Crippen LogP contribution is -2.30. The summed E-state index contributed by atoms with van der Waals surface area (Å²) in [6.45, 7) is 5.84. The molecule has 2 rings (SSSR count). The van der Waals surface area contributed by atoms with E-state index in [1.54, 1.807) is 18.7 Å². The van der Waals surface area contributed by atoms with Crippen LogP contribution in [0.25, 0.3) is 0 Å². The van der Waals surface area contributed by atoms with Gasteiger partial charge in [0, 0.05) is 4.90 Å². The minimum atomic E-state index is -0.558. The summed E-state index contributed by atoms with van der Waals surface area (Å²) in [5.74, 6) is 0.559. The normalized spacial score (nSPS) is 11.8. The fraction of sp³-hybridized carbons (Fsp3) is 0.278. The fourth-order valence-electron chi connectivity index (χ4n) is 2.03. The predicted molar refractivity (Wildman–Crippen MR) is 92.9 cm³/mol. The number of benzene rings is 2. The molecule has 22 heavy (non-hydrogen) atoms. The van der Waals surface area contributed by atoms with Crippen LogP contribution in [0.2, 0.25) is 0 Å². The fourth-order valence-corrected chi connectivity index (χ4v) is 2.58. The lowest BCUT2D eigenvalue weighted by atomic mass is 10.1. The zero-order valence-corrected chi connectivity index (χ0v) is 14.2. The van der Waals surface area contributed by atoms with E-state index in [-0.39, 0.29) is 5.91 Å². The highest BCUT2D eigenvalue weighted by Crippen LogP contribution is 2.25. The number of ether oxygens (including phenoxy) is 1. The molecule has 0 radical (unpaired) electrons. The van der Waals surface area contributed by atoms with Crippen LogP contribution in [0, 0.1) is 13.8 Å². The van der Waals surface area contributed by atoms with Gasteiger partial charge in [0.25, 0.3) is 5.91 Å². The average molecular weight is 315 g/mol. The molecule has 1 atom stereocenters. The van der Waals surface area contributed by atoms with Crippen LogP contribution in [0.3, 0.4) is 0 Å². The molecule has 0 aliphatic rings. The van der Waals surface area contributed by atoms with Crippen molar-refractivity contribution in [3.63, 3.8) is 0 Å². The average Bonchev–Trinajstić information content (AvgIpc) is 2.51. The molecule has 3 nitrogen and oxygen atoms in total. The van der Waals surface area contributed by atoms with Crippen LogP contribution in [0.1, 0.15) is 18.1 Å². The van der Waals surface area contributed by atoms with Crippen molar-refractivity contribution in [3.8, 4) is 5.75 Å². The first kappa shape index (κ1) is 16.4. The molecule has 0 bridgehead atoms. The Morgan fingerprint density at radius 1 is 1.14 bits per heavy atom. The van der Waals surface area contributed by atoms with Gasteiger partial charge >= 0.3 is 0 Å². The second-order valence-electron chi connectivity index (χ2n) is 5.20. The van der Waals surface area contributed by atoms with Crippen molar-refractivity contribution in [2.75, 3.05) is 11.6 Å². The second kappa shape index (κ2) is 7.36. The topological polar surface area (TPSA) is 38.3 Å². The summed E-state index contributed by atoms with van der Waals surface area (Å²) in [6.07, 6.45) is 1.43. The molecule has 2 aromatic carbocycles. The van der Waals surface area contributed by atoms with Crippen LogP contribution in [0.15, 0.2) is 47.4 Å². The molecule has 0 spiro atoms. The largest absolute Gasteiger partial charge is 0.481 e. The van der Waals surface area contributed by atoms with E-state index >= 15 is 0 Å². The third-order valence-corrected chi connectivity index (χ3v) is 4.32. The number of nitrogens with one attached hydrogen (secondary N) is 1. The number of amides is 1. The first-order chi connectivity index (χ1) is 10.5. The van der Waals surface area contributed by atoms with E-state index in [0.717, 1.165) is 16.1 Å². The molecule has 0 saturated carbocycles. The van der Waals surface area contributed by atoms with Gasteiger partial charge < -0.3 is 10.1 Å². The van der Waals surface area contributed by atoms with Gasteiger partial charge in [-0.15, -0.1) is 11.8 Å². The smallest absolute Gasteiger partial charge is 0.265 e. The van der Waals surface area contributed by atoms with E-state index in [4.69, 9.17) is 4.74 Å². The van der Waals surface area contributed by atoms with E-state index in [1.807, 2.05) is 55.6 Å². The SMILES string of the molecule is CSc1ccccc1NC(=O)C(C)Oc1ccc(C)c(C)c1. The summed E-state index contributed by atoms with van der Waals surface area (Å²) in [5.41, 5.74) is 3.17. The van der Waals surface area contributed by atoms with Crippen LogP contribution in [0.5, 0.6) is 5.75 Å². The van der Waals surface area contributed by atoms with E-state index in [0.29, 0.717) is 5.75 Å². The van der Waals surface area contributed by atoms with Crippen LogP contribution < -0.4 is 10.1 Å². The molecule has 0 aromatic heterocycles. The number of para-hydroxylation sites is 1. The Labute approximate surface area is 136 Å². The lowest BCUT2D eigenvalue weighted by molar-refractivity contribution is -0.122. The molecule has 0 heterocycles. The van der Waals surface area contributed by atoms with Gasteiger partial charge in [-0.3, -0.25) is 4.79 Å². The third kappa shape index (κ3) is 4.04. The molecule has 2 aromatic rings. The first-order valence-corrected chi connectivity index (χ1v) is 8.41. The standard InChI is InChI=1S/C18H21NO2S/c1-12-9-10-15(11-13(12)2)21-14(3)18(20)19-16-7-5-6-8-17(16)22-4/h5-11,14H,1-4H3,(H,19,20). The number of hydrogen-bond donors (Lipinski definition) is 1. The molecule has 0 aliphatic carbocycles. The zero-order chi connectivity index (χ0) is 16.1. The Bertz CT molecular complexity index is 670. The number of carbonyl (C=O) groups excluding carboxylic acids is 1. The zero-order valence-electron chi connectivity index (χ0n) is 13.3. The Kier molecular flexibility index (Phi) is 5.50. The summed E-state index contributed by atoms with van der Waals surface area (Å²) < 4.78 is 5.74. The highest BCUT2D eigenvalue weighted by atomic mass is 32.2. The molecule has 1 unspecified atom stereocenters. The molecule has 4 heteroatoms. The number of rotatable bonds is 5. The Balaban J connectivity index is 2.04. The van der Waals surface area contributed by atoms with E-state index in [9.17, 15) is 4.79 Å². The van der Waals surface area contributed by atoms with Crippen molar-refractivity contribution in [3.05, 3.63) is 53.6 Å². The monoisotopic (exact) mass is 315 g/mol. The summed E-state index contributed by atoms with van der Waals surface area (Å²) in [6, 6.07) is 13.6. The van der Waals surface area contributed by atoms with Gasteiger partial charge in [-0.05, 0) is 62.4 Å². The van der Waals surface area contributed by atoms with Gasteiger partial charge in [0.2, 0.25) is 0 Å². The maximum Gasteiger partial charge on any atom is 0.265 e. The molecule has 116 valence electrons. The van der Waals surface area contributed by atoms with Crippen molar-refractivity contribution >= 4 is 23.4 Å². The van der Waals surface area contributed by atoms with E-state index in [1.165, 1.54) is 5.56 Å². The van der Waals surface area contributed by atoms with Crippen LogP contribution >= 0.6 is 11.8 Å². The Morgan fingerprint density at radius 2 is 1.86 bits per heavy atom. The van der Waals surface area contributed by atoms with Crippen LogP contribution in [-0.4, -0.2) is 18.3 Å². The number of hydrogen-bond acceptors (Lipinski definition) is 3. The number of aryl methyl sites for hydroxylation is 2. The summed E-state index contributed by atoms with van der Waals surface area (Å²) in [4.78, 5) is 13.3. The van der Waals surface area contributed by atoms with Crippen LogP contribution in [-0.2, 0) is 4.79 Å². The number of carbonyl (C=O) groups is 1. The molecule has 1 amide bonds. The predicted octanol–water partition coefficient (Wildman–Crippen LogP) is 4.43. The second-order valence-corrected chi connectivity index (χ2v) is 6.04. The number of anilines is 1. The highest BCUT2D eigenvalue weighted by molar-refractivity contribution is 7.98. The molecular formula is C18H21NO2S. The van der Waals surface area contributed by atoms with Crippen LogP contribution in [0.4, 0.5) is 5.69 Å². The minimum absolute atomic E-state index is 0.153. The maximum atomic E-state index is 12.3. The first-order valence-electron chi connectivity index (χ1n) is 7.19. The van der Waals surface area contributed by atoms with Crippen molar-refractivity contribution in [1.29, 1.82) is 0 Å². The van der Waals surface area contributed by atoms with Crippen molar-refractivity contribution in [1.82, 2.24) is 0 Å². The molecule has 0 fully saturated rings. The van der Waals surface area contributed by atoms with E-state index in [2.05, 4.69) is 12.2 Å².